The van der Waals surface area contributed by atoms with E-state index in [0.717, 1.165) is 0 Å². The van der Waals surface area contributed by atoms with E-state index in [0.29, 0.717) is 16.3 Å². The van der Waals surface area contributed by atoms with Crippen LogP contribution in [0.3, 0.4) is 0 Å². The Morgan fingerprint density at radius 1 is 1.41 bits per heavy atom. The van der Waals surface area contributed by atoms with Crippen molar-refractivity contribution in [2.24, 2.45) is 0 Å². The number of aromatic amines is 1. The van der Waals surface area contributed by atoms with Crippen molar-refractivity contribution in [1.29, 1.82) is 0 Å². The van der Waals surface area contributed by atoms with Gasteiger partial charge >= 0.3 is 0 Å². The summed E-state index contributed by atoms with van der Waals surface area (Å²) in [5, 5.41) is 6.61. The van der Waals surface area contributed by atoms with Gasteiger partial charge in [0.25, 0.3) is 10.0 Å². The number of rotatable bonds is 3. The Kier molecular flexibility index (Phi) is 3.08. The Bertz CT molecular complexity index is 623. The average Bonchev–Trinajstić information content (AvgIpc) is 2.73. The second kappa shape index (κ2) is 4.38. The molecule has 0 saturated heterocycles. The zero-order chi connectivity index (χ0) is 12.5. The van der Waals surface area contributed by atoms with Gasteiger partial charge in [0.05, 0.1) is 16.8 Å². The predicted molar refractivity (Wildman–Crippen MR) is 65.6 cm³/mol. The van der Waals surface area contributed by atoms with Crippen molar-refractivity contribution in [3.05, 3.63) is 41.2 Å². The van der Waals surface area contributed by atoms with E-state index in [-0.39, 0.29) is 4.90 Å². The molecule has 0 fully saturated rings. The summed E-state index contributed by atoms with van der Waals surface area (Å²) in [7, 11) is -3.63. The molecule has 0 unspecified atom stereocenters. The summed E-state index contributed by atoms with van der Waals surface area (Å²) >= 11 is 5.89. The van der Waals surface area contributed by atoms with Gasteiger partial charge in [-0.1, -0.05) is 17.7 Å². The summed E-state index contributed by atoms with van der Waals surface area (Å²) in [4.78, 5) is 0.159. The number of hydrogen-bond acceptors (Lipinski definition) is 3. The lowest BCUT2D eigenvalue weighted by Crippen LogP contribution is -2.13. The number of benzene rings is 1. The van der Waals surface area contributed by atoms with E-state index < -0.39 is 10.0 Å². The van der Waals surface area contributed by atoms with Crippen LogP contribution in [0.4, 0.5) is 5.69 Å². The topological polar surface area (TPSA) is 74.8 Å². The molecule has 1 heterocycles. The van der Waals surface area contributed by atoms with E-state index in [9.17, 15) is 8.42 Å². The van der Waals surface area contributed by atoms with Gasteiger partial charge in [0.15, 0.2) is 0 Å². The summed E-state index contributed by atoms with van der Waals surface area (Å²) in [6, 6.07) is 4.75. The Labute approximate surface area is 104 Å². The molecule has 7 heteroatoms. The van der Waals surface area contributed by atoms with Crippen LogP contribution in [0.2, 0.25) is 5.02 Å². The molecular formula is C10H10ClN3O2S. The number of anilines is 1. The van der Waals surface area contributed by atoms with E-state index >= 15 is 0 Å². The van der Waals surface area contributed by atoms with Gasteiger partial charge < -0.3 is 0 Å². The Hall–Kier alpha value is -1.53. The molecule has 17 heavy (non-hydrogen) atoms. The fourth-order valence-corrected chi connectivity index (χ4v) is 2.93. The number of nitrogens with zero attached hydrogens (tertiary/aromatic N) is 1. The lowest BCUT2D eigenvalue weighted by atomic mass is 10.2. The Morgan fingerprint density at radius 3 is 2.82 bits per heavy atom. The zero-order valence-corrected chi connectivity index (χ0v) is 10.5. The molecule has 0 aliphatic rings. The minimum absolute atomic E-state index is 0.159. The van der Waals surface area contributed by atoms with E-state index in [1.165, 1.54) is 18.5 Å². The fourth-order valence-electron chi connectivity index (χ4n) is 1.40. The zero-order valence-electron chi connectivity index (χ0n) is 8.94. The predicted octanol–water partition coefficient (Wildman–Crippen LogP) is 2.17. The van der Waals surface area contributed by atoms with E-state index in [1.807, 2.05) is 0 Å². The van der Waals surface area contributed by atoms with Crippen molar-refractivity contribution >= 4 is 27.3 Å². The van der Waals surface area contributed by atoms with E-state index in [4.69, 9.17) is 11.6 Å². The SMILES string of the molecule is Cc1c(Cl)cccc1S(=O)(=O)Nc1cn[nH]c1. The number of sulfonamides is 1. The number of nitrogens with one attached hydrogen (secondary N) is 2. The quantitative estimate of drug-likeness (QED) is 0.898. The Balaban J connectivity index is 2.42. The van der Waals surface area contributed by atoms with Crippen molar-refractivity contribution < 1.29 is 8.42 Å². The van der Waals surface area contributed by atoms with Crippen LogP contribution in [-0.4, -0.2) is 18.6 Å². The van der Waals surface area contributed by atoms with Crippen LogP contribution in [0, 0.1) is 6.92 Å². The molecule has 2 aromatic rings. The average molecular weight is 272 g/mol. The molecule has 0 spiro atoms. The van der Waals surface area contributed by atoms with Crippen LogP contribution >= 0.6 is 11.6 Å². The van der Waals surface area contributed by atoms with Gasteiger partial charge in [0.2, 0.25) is 0 Å². The second-order valence-electron chi connectivity index (χ2n) is 3.46. The highest BCUT2D eigenvalue weighted by Gasteiger charge is 2.18. The second-order valence-corrected chi connectivity index (χ2v) is 5.51. The molecule has 0 radical (unpaired) electrons. The van der Waals surface area contributed by atoms with Crippen molar-refractivity contribution in [3.63, 3.8) is 0 Å². The molecule has 0 bridgehead atoms. The maximum Gasteiger partial charge on any atom is 0.262 e. The summed E-state index contributed by atoms with van der Waals surface area (Å²) in [6.07, 6.45) is 2.84. The highest BCUT2D eigenvalue weighted by Crippen LogP contribution is 2.24. The minimum Gasteiger partial charge on any atom is -0.284 e. The molecule has 5 nitrogen and oxygen atoms in total. The number of hydrogen-bond donors (Lipinski definition) is 2. The molecular weight excluding hydrogens is 262 g/mol. The number of aromatic nitrogens is 2. The highest BCUT2D eigenvalue weighted by molar-refractivity contribution is 7.92. The van der Waals surface area contributed by atoms with Crippen LogP contribution in [-0.2, 0) is 10.0 Å². The fraction of sp³-hybridized carbons (Fsp3) is 0.100. The van der Waals surface area contributed by atoms with Gasteiger partial charge in [-0.25, -0.2) is 8.42 Å². The molecule has 1 aromatic heterocycles. The third kappa shape index (κ3) is 2.42. The normalized spacial score (nSPS) is 11.4. The largest absolute Gasteiger partial charge is 0.284 e. The third-order valence-corrected chi connectivity index (χ3v) is 4.19. The molecule has 2 N–H and O–H groups in total. The van der Waals surface area contributed by atoms with Crippen molar-refractivity contribution in [2.45, 2.75) is 11.8 Å². The van der Waals surface area contributed by atoms with Gasteiger partial charge in [-0.3, -0.25) is 9.82 Å². The van der Waals surface area contributed by atoms with E-state index in [1.54, 1.807) is 19.1 Å². The number of H-pyrrole nitrogens is 1. The lowest BCUT2D eigenvalue weighted by molar-refractivity contribution is 0.600. The van der Waals surface area contributed by atoms with Crippen LogP contribution in [0.15, 0.2) is 35.5 Å². The van der Waals surface area contributed by atoms with Gasteiger partial charge in [-0.2, -0.15) is 5.10 Å². The summed E-state index contributed by atoms with van der Waals surface area (Å²) in [5.41, 5.74) is 0.898. The van der Waals surface area contributed by atoms with Crippen molar-refractivity contribution in [3.8, 4) is 0 Å². The van der Waals surface area contributed by atoms with Gasteiger partial charge in [-0.15, -0.1) is 0 Å². The molecule has 1 aromatic carbocycles. The first-order chi connectivity index (χ1) is 8.00. The van der Waals surface area contributed by atoms with Crippen LogP contribution in [0.25, 0.3) is 0 Å². The molecule has 0 aliphatic heterocycles. The molecule has 90 valence electrons. The molecule has 0 aliphatic carbocycles. The smallest absolute Gasteiger partial charge is 0.262 e. The standard InChI is InChI=1S/C10H10ClN3O2S/c1-7-9(11)3-2-4-10(7)17(15,16)14-8-5-12-13-6-8/h2-6,14H,1H3,(H,12,13). The monoisotopic (exact) mass is 271 g/mol. The molecule has 2 rings (SSSR count). The summed E-state index contributed by atoms with van der Waals surface area (Å²) in [5.74, 6) is 0. The van der Waals surface area contributed by atoms with Crippen molar-refractivity contribution in [2.75, 3.05) is 4.72 Å². The first kappa shape index (κ1) is 11.9. The van der Waals surface area contributed by atoms with Crippen LogP contribution in [0.5, 0.6) is 0 Å². The lowest BCUT2D eigenvalue weighted by Gasteiger charge is -2.09. The molecule has 0 saturated carbocycles. The first-order valence-corrected chi connectivity index (χ1v) is 6.63. The minimum atomic E-state index is -3.63. The summed E-state index contributed by atoms with van der Waals surface area (Å²) in [6.45, 7) is 1.66. The van der Waals surface area contributed by atoms with Crippen LogP contribution in [0.1, 0.15) is 5.56 Å². The van der Waals surface area contributed by atoms with Gasteiger partial charge in [-0.05, 0) is 24.6 Å². The van der Waals surface area contributed by atoms with Gasteiger partial charge in [0.1, 0.15) is 0 Å². The summed E-state index contributed by atoms with van der Waals surface area (Å²) < 4.78 is 26.5. The van der Waals surface area contributed by atoms with Crippen LogP contribution < -0.4 is 4.72 Å². The van der Waals surface area contributed by atoms with Gasteiger partial charge in [0, 0.05) is 11.2 Å². The molecule has 0 amide bonds. The Morgan fingerprint density at radius 2 is 2.18 bits per heavy atom. The van der Waals surface area contributed by atoms with Crippen molar-refractivity contribution in [1.82, 2.24) is 10.2 Å². The third-order valence-electron chi connectivity index (χ3n) is 2.26. The maximum atomic E-state index is 12.1. The van der Waals surface area contributed by atoms with E-state index in [2.05, 4.69) is 14.9 Å². The first-order valence-electron chi connectivity index (χ1n) is 4.77. The molecule has 0 atom stereocenters. The highest BCUT2D eigenvalue weighted by atomic mass is 35.5. The maximum absolute atomic E-state index is 12.1. The number of halogens is 1.